The van der Waals surface area contributed by atoms with E-state index in [1.54, 1.807) is 0 Å². The molecule has 0 saturated heterocycles. The zero-order valence-corrected chi connectivity index (χ0v) is 10.7. The van der Waals surface area contributed by atoms with Crippen LogP contribution in [0.25, 0.3) is 10.9 Å². The molecule has 2 aromatic rings. The zero-order valence-electron chi connectivity index (χ0n) is 10.7. The fraction of sp³-hybridized carbons (Fsp3) is 0.429. The van der Waals surface area contributed by atoms with Crippen molar-refractivity contribution in [1.82, 2.24) is 15.2 Å². The highest BCUT2D eigenvalue weighted by molar-refractivity contribution is 5.82. The van der Waals surface area contributed by atoms with Crippen molar-refractivity contribution in [3.8, 4) is 0 Å². The summed E-state index contributed by atoms with van der Waals surface area (Å²) in [5.41, 5.74) is 2.60. The molecule has 0 atom stereocenters. The van der Waals surface area contributed by atoms with E-state index in [1.807, 2.05) is 0 Å². The van der Waals surface area contributed by atoms with Crippen LogP contribution in [-0.4, -0.2) is 36.6 Å². The number of H-pyrrole nitrogens is 1. The smallest absolute Gasteiger partial charge is 0.0457 e. The van der Waals surface area contributed by atoms with Crippen molar-refractivity contribution in [2.75, 3.05) is 26.7 Å². The topological polar surface area (TPSA) is 31.1 Å². The number of benzene rings is 1. The second-order valence-corrected chi connectivity index (χ2v) is 4.45. The van der Waals surface area contributed by atoms with Gasteiger partial charge in [0.05, 0.1) is 0 Å². The second kappa shape index (κ2) is 5.84. The number of para-hydroxylation sites is 1. The molecule has 0 aliphatic carbocycles. The van der Waals surface area contributed by atoms with Gasteiger partial charge in [0.15, 0.2) is 0 Å². The predicted molar refractivity (Wildman–Crippen MR) is 73.2 cm³/mol. The summed E-state index contributed by atoms with van der Waals surface area (Å²) in [6.07, 6.45) is 2.12. The molecular weight excluding hydrogens is 210 g/mol. The lowest BCUT2D eigenvalue weighted by Crippen LogP contribution is -2.28. The first-order valence-corrected chi connectivity index (χ1v) is 6.25. The summed E-state index contributed by atoms with van der Waals surface area (Å²) >= 11 is 0. The van der Waals surface area contributed by atoms with Crippen LogP contribution < -0.4 is 5.32 Å². The number of likely N-dealkylation sites (N-methyl/N-ethyl adjacent to an activating group) is 2. The molecule has 0 aliphatic heterocycles. The highest BCUT2D eigenvalue weighted by atomic mass is 15.1. The van der Waals surface area contributed by atoms with Crippen molar-refractivity contribution >= 4 is 10.9 Å². The molecule has 0 radical (unpaired) electrons. The van der Waals surface area contributed by atoms with E-state index in [0.29, 0.717) is 0 Å². The molecule has 1 heterocycles. The van der Waals surface area contributed by atoms with E-state index in [9.17, 15) is 0 Å². The van der Waals surface area contributed by atoms with Crippen LogP contribution >= 0.6 is 0 Å². The van der Waals surface area contributed by atoms with E-state index in [-0.39, 0.29) is 0 Å². The number of aromatic amines is 1. The van der Waals surface area contributed by atoms with E-state index < -0.39 is 0 Å². The van der Waals surface area contributed by atoms with Crippen LogP contribution in [0.3, 0.4) is 0 Å². The van der Waals surface area contributed by atoms with Gasteiger partial charge in [-0.2, -0.15) is 0 Å². The van der Waals surface area contributed by atoms with Crippen LogP contribution in [0, 0.1) is 0 Å². The molecule has 3 nitrogen and oxygen atoms in total. The summed E-state index contributed by atoms with van der Waals surface area (Å²) in [4.78, 5) is 5.66. The Morgan fingerprint density at radius 2 is 2.12 bits per heavy atom. The molecule has 0 fully saturated rings. The third kappa shape index (κ3) is 3.08. The molecular formula is C14H21N3. The Kier molecular flexibility index (Phi) is 4.18. The number of nitrogens with zero attached hydrogens (tertiary/aromatic N) is 1. The monoisotopic (exact) mass is 231 g/mol. The molecule has 1 aromatic carbocycles. The van der Waals surface area contributed by atoms with Gasteiger partial charge in [0.2, 0.25) is 0 Å². The van der Waals surface area contributed by atoms with Crippen LogP contribution in [0.4, 0.5) is 0 Å². The average Bonchev–Trinajstić information content (AvgIpc) is 2.73. The van der Waals surface area contributed by atoms with Crippen molar-refractivity contribution in [3.63, 3.8) is 0 Å². The molecule has 0 aliphatic rings. The van der Waals surface area contributed by atoms with Crippen LogP contribution in [-0.2, 0) is 6.54 Å². The Labute approximate surface area is 103 Å². The van der Waals surface area contributed by atoms with Gasteiger partial charge in [-0.1, -0.05) is 25.1 Å². The van der Waals surface area contributed by atoms with E-state index in [4.69, 9.17) is 0 Å². The summed E-state index contributed by atoms with van der Waals surface area (Å²) in [7, 11) is 2.17. The normalized spacial score (nSPS) is 11.5. The van der Waals surface area contributed by atoms with Gasteiger partial charge in [0, 0.05) is 36.7 Å². The SMILES string of the molecule is CCNCCN(C)Cc1c[nH]c2ccccc12. The largest absolute Gasteiger partial charge is 0.361 e. The number of fused-ring (bicyclic) bond motifs is 1. The molecule has 0 bridgehead atoms. The Morgan fingerprint density at radius 3 is 2.94 bits per heavy atom. The van der Waals surface area contributed by atoms with E-state index in [1.165, 1.54) is 16.5 Å². The van der Waals surface area contributed by atoms with Gasteiger partial charge in [-0.05, 0) is 25.2 Å². The van der Waals surface area contributed by atoms with Gasteiger partial charge in [-0.25, -0.2) is 0 Å². The van der Waals surface area contributed by atoms with Crippen LogP contribution in [0.2, 0.25) is 0 Å². The van der Waals surface area contributed by atoms with Gasteiger partial charge in [0.25, 0.3) is 0 Å². The highest BCUT2D eigenvalue weighted by Gasteiger charge is 2.05. The lowest BCUT2D eigenvalue weighted by Gasteiger charge is -2.16. The maximum atomic E-state index is 3.35. The summed E-state index contributed by atoms with van der Waals surface area (Å²) < 4.78 is 0. The molecule has 2 rings (SSSR count). The predicted octanol–water partition coefficient (Wildman–Crippen LogP) is 2.21. The van der Waals surface area contributed by atoms with Crippen LogP contribution in [0.15, 0.2) is 30.5 Å². The van der Waals surface area contributed by atoms with Crippen LogP contribution in [0.1, 0.15) is 12.5 Å². The van der Waals surface area contributed by atoms with Gasteiger partial charge < -0.3 is 15.2 Å². The van der Waals surface area contributed by atoms with E-state index in [0.717, 1.165) is 26.2 Å². The first-order chi connectivity index (χ1) is 8.31. The Bertz CT molecular complexity index is 461. The lowest BCUT2D eigenvalue weighted by molar-refractivity contribution is 0.327. The second-order valence-electron chi connectivity index (χ2n) is 4.45. The highest BCUT2D eigenvalue weighted by Crippen LogP contribution is 2.18. The maximum Gasteiger partial charge on any atom is 0.0457 e. The summed E-state index contributed by atoms with van der Waals surface area (Å²) in [5, 5.41) is 4.68. The first kappa shape index (κ1) is 12.1. The molecule has 0 amide bonds. The number of rotatable bonds is 6. The third-order valence-electron chi connectivity index (χ3n) is 3.04. The van der Waals surface area contributed by atoms with Gasteiger partial charge >= 0.3 is 0 Å². The minimum Gasteiger partial charge on any atom is -0.361 e. The van der Waals surface area contributed by atoms with Crippen molar-refractivity contribution in [2.45, 2.75) is 13.5 Å². The molecule has 2 N–H and O–H groups in total. The molecule has 0 unspecified atom stereocenters. The standard InChI is InChI=1S/C14H21N3/c1-3-15-8-9-17(2)11-12-10-16-14-7-5-4-6-13(12)14/h4-7,10,15-16H,3,8-9,11H2,1-2H3. The van der Waals surface area contributed by atoms with Crippen molar-refractivity contribution < 1.29 is 0 Å². The van der Waals surface area contributed by atoms with Gasteiger partial charge in [-0.3, -0.25) is 0 Å². The van der Waals surface area contributed by atoms with Crippen molar-refractivity contribution in [1.29, 1.82) is 0 Å². The minimum atomic E-state index is 0.995. The van der Waals surface area contributed by atoms with Gasteiger partial charge in [0.1, 0.15) is 0 Å². The average molecular weight is 231 g/mol. The number of nitrogens with one attached hydrogen (secondary N) is 2. The van der Waals surface area contributed by atoms with Gasteiger partial charge in [-0.15, -0.1) is 0 Å². The summed E-state index contributed by atoms with van der Waals surface area (Å²) in [6, 6.07) is 8.46. The Balaban J connectivity index is 1.98. The molecule has 0 spiro atoms. The first-order valence-electron chi connectivity index (χ1n) is 6.25. The molecule has 3 heteroatoms. The zero-order chi connectivity index (χ0) is 12.1. The van der Waals surface area contributed by atoms with Crippen molar-refractivity contribution in [2.24, 2.45) is 0 Å². The molecule has 92 valence electrons. The fourth-order valence-corrected chi connectivity index (χ4v) is 2.08. The number of aromatic nitrogens is 1. The fourth-order valence-electron chi connectivity index (χ4n) is 2.08. The van der Waals surface area contributed by atoms with Crippen molar-refractivity contribution in [3.05, 3.63) is 36.0 Å². The van der Waals surface area contributed by atoms with Crippen LogP contribution in [0.5, 0.6) is 0 Å². The maximum absolute atomic E-state index is 3.35. The van der Waals surface area contributed by atoms with E-state index >= 15 is 0 Å². The summed E-state index contributed by atoms with van der Waals surface area (Å²) in [6.45, 7) is 6.30. The Hall–Kier alpha value is -1.32. The quantitative estimate of drug-likeness (QED) is 0.747. The summed E-state index contributed by atoms with van der Waals surface area (Å²) in [5.74, 6) is 0. The third-order valence-corrected chi connectivity index (χ3v) is 3.04. The number of hydrogen-bond donors (Lipinski definition) is 2. The molecule has 1 aromatic heterocycles. The number of hydrogen-bond acceptors (Lipinski definition) is 2. The minimum absolute atomic E-state index is 0.995. The molecule has 17 heavy (non-hydrogen) atoms. The lowest BCUT2D eigenvalue weighted by atomic mass is 10.1. The van der Waals surface area contributed by atoms with E-state index in [2.05, 4.69) is 59.6 Å². The Morgan fingerprint density at radius 1 is 1.29 bits per heavy atom. The molecule has 0 saturated carbocycles.